The Kier molecular flexibility index (Phi) is 5.45. The third kappa shape index (κ3) is 4.15. The molecule has 1 aromatic carbocycles. The van der Waals surface area contributed by atoms with Gasteiger partial charge in [-0.25, -0.2) is 8.42 Å². The van der Waals surface area contributed by atoms with Crippen molar-refractivity contribution in [3.63, 3.8) is 0 Å². The summed E-state index contributed by atoms with van der Waals surface area (Å²) >= 11 is 3.19. The van der Waals surface area contributed by atoms with E-state index in [-0.39, 0.29) is 11.4 Å². The normalized spacial score (nSPS) is 11.2. The fraction of sp³-hybridized carbons (Fsp3) is 0.154. The number of methoxy groups -OCH3 is 1. The minimum absolute atomic E-state index is 0.128. The first-order valence-corrected chi connectivity index (χ1v) is 8.90. The number of ether oxygens (including phenoxy) is 1. The number of rotatable bonds is 6. The molecule has 2 N–H and O–H groups in total. The number of halogens is 1. The van der Waals surface area contributed by atoms with Gasteiger partial charge in [0, 0.05) is 17.7 Å². The van der Waals surface area contributed by atoms with Crippen LogP contribution in [-0.4, -0.2) is 30.9 Å². The van der Waals surface area contributed by atoms with Gasteiger partial charge in [0.05, 0.1) is 18.1 Å². The molecule has 2 aromatic rings. The summed E-state index contributed by atoms with van der Waals surface area (Å²) in [6.07, 6.45) is 1.61. The summed E-state index contributed by atoms with van der Waals surface area (Å²) in [4.78, 5) is 23.5. The van der Waals surface area contributed by atoms with Crippen LogP contribution in [0.4, 0.5) is 5.69 Å². The Morgan fingerprint density at radius 2 is 2.04 bits per heavy atom. The second-order valence-electron chi connectivity index (χ2n) is 4.80. The zero-order valence-electron chi connectivity index (χ0n) is 13.0. The minimum Gasteiger partial charge on any atom is -0.497 e. The van der Waals surface area contributed by atoms with E-state index in [1.165, 1.54) is 23.8 Å². The molecule has 1 amide bonds. The van der Waals surface area contributed by atoms with Crippen LogP contribution in [0.15, 0.2) is 39.8 Å². The summed E-state index contributed by atoms with van der Waals surface area (Å²) in [7, 11) is -1.48. The molecule has 1 aromatic heterocycles. The highest BCUT2D eigenvalue weighted by Gasteiger charge is 2.27. The third-order valence-corrected chi connectivity index (χ3v) is 4.88. The number of nitrogens with one attached hydrogen (secondary N) is 2. The molecule has 0 spiro atoms. The zero-order valence-corrected chi connectivity index (χ0v) is 15.4. The topological polar surface area (TPSA) is 133 Å². The van der Waals surface area contributed by atoms with Gasteiger partial charge in [-0.3, -0.25) is 20.3 Å². The SMILES string of the molecule is COc1ccc(S(=O)(=O)NNC(=O)c2cc(Br)cn2C)c([N+](=O)[O-])c1. The molecule has 0 saturated heterocycles. The predicted molar refractivity (Wildman–Crippen MR) is 90.5 cm³/mol. The van der Waals surface area contributed by atoms with E-state index in [0.29, 0.717) is 4.47 Å². The van der Waals surface area contributed by atoms with E-state index in [9.17, 15) is 23.3 Å². The molecule has 134 valence electrons. The molecule has 25 heavy (non-hydrogen) atoms. The number of hydrogen-bond donors (Lipinski definition) is 2. The Bertz CT molecular complexity index is 940. The third-order valence-electron chi connectivity index (χ3n) is 3.16. The Morgan fingerprint density at radius 1 is 1.36 bits per heavy atom. The fourth-order valence-corrected chi connectivity index (χ4v) is 3.49. The van der Waals surface area contributed by atoms with Crippen LogP contribution in [0.5, 0.6) is 5.75 Å². The van der Waals surface area contributed by atoms with Crippen molar-refractivity contribution < 1.29 is 22.9 Å². The van der Waals surface area contributed by atoms with Crippen LogP contribution in [0.2, 0.25) is 0 Å². The highest BCUT2D eigenvalue weighted by atomic mass is 79.9. The van der Waals surface area contributed by atoms with E-state index >= 15 is 0 Å². The second-order valence-corrected chi connectivity index (χ2v) is 7.37. The number of benzene rings is 1. The monoisotopic (exact) mass is 432 g/mol. The molecule has 0 saturated carbocycles. The molecular formula is C13H13BrN4O6S. The van der Waals surface area contributed by atoms with Crippen LogP contribution in [0.25, 0.3) is 0 Å². The summed E-state index contributed by atoms with van der Waals surface area (Å²) in [5.74, 6) is -0.601. The van der Waals surface area contributed by atoms with Crippen molar-refractivity contribution in [2.45, 2.75) is 4.90 Å². The number of aryl methyl sites for hydroxylation is 1. The van der Waals surface area contributed by atoms with Crippen LogP contribution < -0.4 is 15.0 Å². The number of carbonyl (C=O) groups excluding carboxylic acids is 1. The quantitative estimate of drug-likeness (QED) is 0.522. The number of sulfonamides is 1. The van der Waals surface area contributed by atoms with Crippen LogP contribution in [0.3, 0.4) is 0 Å². The van der Waals surface area contributed by atoms with Crippen LogP contribution >= 0.6 is 15.9 Å². The largest absolute Gasteiger partial charge is 0.497 e. The molecule has 12 heteroatoms. The lowest BCUT2D eigenvalue weighted by molar-refractivity contribution is -0.387. The van der Waals surface area contributed by atoms with Crippen molar-refractivity contribution in [3.8, 4) is 5.75 Å². The van der Waals surface area contributed by atoms with E-state index in [0.717, 1.165) is 12.1 Å². The molecule has 0 bridgehead atoms. The molecule has 0 aliphatic rings. The molecule has 0 fully saturated rings. The van der Waals surface area contributed by atoms with Gasteiger partial charge in [0.25, 0.3) is 21.6 Å². The number of nitrogens with zero attached hydrogens (tertiary/aromatic N) is 2. The van der Waals surface area contributed by atoms with Gasteiger partial charge in [0.15, 0.2) is 4.90 Å². The average Bonchev–Trinajstić information content (AvgIpc) is 2.90. The van der Waals surface area contributed by atoms with Gasteiger partial charge in [0.1, 0.15) is 11.4 Å². The first-order chi connectivity index (χ1) is 11.7. The highest BCUT2D eigenvalue weighted by Crippen LogP contribution is 2.27. The molecule has 2 rings (SSSR count). The number of aromatic nitrogens is 1. The van der Waals surface area contributed by atoms with Gasteiger partial charge in [-0.2, -0.15) is 0 Å². The summed E-state index contributed by atoms with van der Waals surface area (Å²) in [5, 5.41) is 11.1. The number of nitro groups is 1. The van der Waals surface area contributed by atoms with Gasteiger partial charge < -0.3 is 9.30 Å². The second kappa shape index (κ2) is 7.21. The zero-order chi connectivity index (χ0) is 18.8. The lowest BCUT2D eigenvalue weighted by atomic mass is 10.3. The Morgan fingerprint density at radius 3 is 2.56 bits per heavy atom. The van der Waals surface area contributed by atoms with Crippen LogP contribution in [0, 0.1) is 10.1 Å². The van der Waals surface area contributed by atoms with Crippen LogP contribution in [0.1, 0.15) is 10.5 Å². The van der Waals surface area contributed by atoms with Gasteiger partial charge in [-0.1, -0.05) is 0 Å². The van der Waals surface area contributed by atoms with Crippen molar-refractivity contribution in [3.05, 3.63) is 50.7 Å². The molecule has 0 radical (unpaired) electrons. The van der Waals surface area contributed by atoms with E-state index < -0.39 is 31.4 Å². The smallest absolute Gasteiger partial charge is 0.293 e. The van der Waals surface area contributed by atoms with Gasteiger partial charge >= 0.3 is 0 Å². The lowest BCUT2D eigenvalue weighted by Gasteiger charge is -2.10. The summed E-state index contributed by atoms with van der Waals surface area (Å²) in [6, 6.07) is 4.74. The van der Waals surface area contributed by atoms with Crippen LogP contribution in [-0.2, 0) is 17.1 Å². The molecule has 0 aliphatic carbocycles. The van der Waals surface area contributed by atoms with E-state index in [1.807, 2.05) is 10.3 Å². The highest BCUT2D eigenvalue weighted by molar-refractivity contribution is 9.10. The maximum atomic E-state index is 12.3. The average molecular weight is 433 g/mol. The molecule has 0 atom stereocenters. The number of hydrogen-bond acceptors (Lipinski definition) is 6. The lowest BCUT2D eigenvalue weighted by Crippen LogP contribution is -2.42. The number of amides is 1. The van der Waals surface area contributed by atoms with E-state index in [1.54, 1.807) is 13.2 Å². The Balaban J connectivity index is 2.26. The Hall–Kier alpha value is -2.44. The first-order valence-electron chi connectivity index (χ1n) is 6.62. The summed E-state index contributed by atoms with van der Waals surface area (Å²) in [6.45, 7) is 0. The molecular weight excluding hydrogens is 420 g/mol. The summed E-state index contributed by atoms with van der Waals surface area (Å²) in [5.41, 5.74) is 1.52. The maximum absolute atomic E-state index is 12.3. The number of nitro benzene ring substituents is 1. The molecule has 10 nitrogen and oxygen atoms in total. The minimum atomic E-state index is -4.37. The Labute approximate surface area is 151 Å². The van der Waals surface area contributed by atoms with Gasteiger partial charge in [-0.05, 0) is 34.1 Å². The van der Waals surface area contributed by atoms with Crippen molar-refractivity contribution in [1.29, 1.82) is 0 Å². The predicted octanol–water partition coefficient (Wildman–Crippen LogP) is 1.33. The van der Waals surface area contributed by atoms with Gasteiger partial charge in [-0.15, -0.1) is 4.83 Å². The van der Waals surface area contributed by atoms with E-state index in [4.69, 9.17) is 4.74 Å². The fourth-order valence-electron chi connectivity index (χ4n) is 1.98. The molecule has 0 aliphatic heterocycles. The van der Waals surface area contributed by atoms with Crippen molar-refractivity contribution in [1.82, 2.24) is 14.8 Å². The standard InChI is InChI=1S/C13H13BrN4O6S/c1-17-7-8(14)5-11(17)13(19)15-16-25(22,23)12-4-3-9(24-2)6-10(12)18(20)21/h3-7,16H,1-2H3,(H,15,19). The summed E-state index contributed by atoms with van der Waals surface area (Å²) < 4.78 is 31.5. The van der Waals surface area contributed by atoms with Crippen molar-refractivity contribution in [2.24, 2.45) is 7.05 Å². The maximum Gasteiger partial charge on any atom is 0.293 e. The molecule has 1 heterocycles. The van der Waals surface area contributed by atoms with Gasteiger partial charge in [0.2, 0.25) is 0 Å². The number of carbonyl (C=O) groups is 1. The molecule has 0 unspecified atom stereocenters. The van der Waals surface area contributed by atoms with Crippen molar-refractivity contribution in [2.75, 3.05) is 7.11 Å². The van der Waals surface area contributed by atoms with E-state index in [2.05, 4.69) is 15.9 Å². The number of hydrazine groups is 1. The first kappa shape index (κ1) is 18.9. The van der Waals surface area contributed by atoms with Crippen molar-refractivity contribution >= 4 is 37.5 Å².